The largest absolute Gasteiger partial charge is 0.453 e. The smallest absolute Gasteiger partial charge is 0.163 e. The van der Waals surface area contributed by atoms with Crippen LogP contribution >= 0.6 is 11.8 Å². The van der Waals surface area contributed by atoms with Crippen molar-refractivity contribution in [2.24, 2.45) is 0 Å². The number of hydrogen-bond donors (Lipinski definition) is 0. The van der Waals surface area contributed by atoms with E-state index < -0.39 is 0 Å². The van der Waals surface area contributed by atoms with Crippen LogP contribution in [0, 0.1) is 0 Å². The molecule has 8 aromatic rings. The average molecular weight is 665 g/mol. The maximum atomic E-state index is 6.46. The van der Waals surface area contributed by atoms with Gasteiger partial charge in [0, 0.05) is 32.0 Å². The molecule has 0 spiro atoms. The van der Waals surface area contributed by atoms with Gasteiger partial charge in [0.2, 0.25) is 0 Å². The molecule has 9 nitrogen and oxygen atoms in total. The Kier molecular flexibility index (Phi) is 6.53. The lowest BCUT2D eigenvalue weighted by atomic mass is 9.95. The zero-order chi connectivity index (χ0) is 33.0. The van der Waals surface area contributed by atoms with E-state index in [-0.39, 0.29) is 0 Å². The Morgan fingerprint density at radius 3 is 1.62 bits per heavy atom. The van der Waals surface area contributed by atoms with Crippen molar-refractivity contribution >= 4 is 56.7 Å². The summed E-state index contributed by atoms with van der Waals surface area (Å²) in [5.74, 6) is 2.62. The standard InChI is InChI=1S/C40H24N8OS/c1-5-13-35-30(9-1)48(31-10-2-6-14-36(31)49-35)34-20-26(47-32-11-3-7-15-37(32)50-38-16-8-4-12-33(38)47)19-27-28(34)17-25(39-43-21-41-22-44-39)18-29(27)40-45-23-42-24-46-40/h1-24H. The lowest BCUT2D eigenvalue weighted by Gasteiger charge is -2.36. The van der Waals surface area contributed by atoms with Gasteiger partial charge < -0.3 is 14.5 Å². The molecular formula is C40H24N8OS. The van der Waals surface area contributed by atoms with Crippen molar-refractivity contribution in [3.05, 3.63) is 147 Å². The second-order valence-corrected chi connectivity index (χ2v) is 12.8. The maximum Gasteiger partial charge on any atom is 0.163 e. The molecule has 2 aromatic heterocycles. The minimum Gasteiger partial charge on any atom is -0.453 e. The second-order valence-electron chi connectivity index (χ2n) is 11.8. The molecule has 236 valence electrons. The van der Waals surface area contributed by atoms with Crippen LogP contribution in [0.25, 0.3) is 33.5 Å². The summed E-state index contributed by atoms with van der Waals surface area (Å²) in [6.45, 7) is 0. The summed E-state index contributed by atoms with van der Waals surface area (Å²) in [5, 5.41) is 1.91. The van der Waals surface area contributed by atoms with Crippen LogP contribution in [0.4, 0.5) is 34.1 Å². The van der Waals surface area contributed by atoms with E-state index in [1.807, 2.05) is 36.4 Å². The van der Waals surface area contributed by atoms with Crippen LogP contribution in [0.1, 0.15) is 0 Å². The molecule has 0 radical (unpaired) electrons. The Morgan fingerprint density at radius 2 is 1.00 bits per heavy atom. The molecule has 0 saturated carbocycles. The van der Waals surface area contributed by atoms with Crippen LogP contribution in [-0.2, 0) is 0 Å². The summed E-state index contributed by atoms with van der Waals surface area (Å²) < 4.78 is 6.46. The zero-order valence-corrected chi connectivity index (χ0v) is 27.1. The van der Waals surface area contributed by atoms with Gasteiger partial charge in [0.1, 0.15) is 25.3 Å². The number of fused-ring (bicyclic) bond motifs is 5. The highest BCUT2D eigenvalue weighted by Crippen LogP contribution is 2.56. The number of aromatic nitrogens is 6. The van der Waals surface area contributed by atoms with Gasteiger partial charge in [-0.25, -0.2) is 29.9 Å². The number of benzene rings is 6. The summed E-state index contributed by atoms with van der Waals surface area (Å²) >= 11 is 1.78. The van der Waals surface area contributed by atoms with Crippen molar-refractivity contribution in [1.82, 2.24) is 29.9 Å². The van der Waals surface area contributed by atoms with Crippen molar-refractivity contribution in [2.45, 2.75) is 9.79 Å². The maximum absolute atomic E-state index is 6.46. The highest BCUT2D eigenvalue weighted by Gasteiger charge is 2.31. The normalized spacial score (nSPS) is 12.8. The first-order valence-corrected chi connectivity index (χ1v) is 16.8. The first kappa shape index (κ1) is 28.4. The third-order valence-corrected chi connectivity index (χ3v) is 10.0. The molecule has 0 unspecified atom stereocenters. The van der Waals surface area contributed by atoms with E-state index in [2.05, 4.69) is 125 Å². The molecule has 10 heteroatoms. The summed E-state index contributed by atoms with van der Waals surface area (Å²) in [5.41, 5.74) is 7.62. The Morgan fingerprint density at radius 1 is 0.460 bits per heavy atom. The highest BCUT2D eigenvalue weighted by molar-refractivity contribution is 7.99. The molecule has 50 heavy (non-hydrogen) atoms. The van der Waals surface area contributed by atoms with Crippen molar-refractivity contribution in [3.63, 3.8) is 0 Å². The molecule has 0 atom stereocenters. The van der Waals surface area contributed by atoms with Gasteiger partial charge in [-0.2, -0.15) is 0 Å². The highest BCUT2D eigenvalue weighted by atomic mass is 32.2. The first-order valence-electron chi connectivity index (χ1n) is 16.0. The molecule has 0 amide bonds. The van der Waals surface area contributed by atoms with Crippen LogP contribution in [0.2, 0.25) is 0 Å². The molecule has 0 fully saturated rings. The van der Waals surface area contributed by atoms with E-state index in [4.69, 9.17) is 4.74 Å². The van der Waals surface area contributed by atoms with Gasteiger partial charge in [-0.05, 0) is 78.2 Å². The Hall–Kier alpha value is -6.65. The minimum atomic E-state index is 0.543. The summed E-state index contributed by atoms with van der Waals surface area (Å²) in [6.07, 6.45) is 6.07. The van der Waals surface area contributed by atoms with E-state index in [0.717, 1.165) is 67.5 Å². The van der Waals surface area contributed by atoms with Gasteiger partial charge in [-0.15, -0.1) is 0 Å². The molecule has 10 rings (SSSR count). The fourth-order valence-electron chi connectivity index (χ4n) is 6.77. The van der Waals surface area contributed by atoms with Crippen LogP contribution in [0.5, 0.6) is 11.5 Å². The fourth-order valence-corrected chi connectivity index (χ4v) is 7.83. The number of ether oxygens (including phenoxy) is 1. The molecule has 0 saturated heterocycles. The molecule has 6 aromatic carbocycles. The van der Waals surface area contributed by atoms with Gasteiger partial charge in [0.25, 0.3) is 0 Å². The van der Waals surface area contributed by atoms with Crippen LogP contribution in [0.3, 0.4) is 0 Å². The average Bonchev–Trinajstić information content (AvgIpc) is 3.19. The third-order valence-electron chi connectivity index (χ3n) is 8.88. The van der Waals surface area contributed by atoms with E-state index in [9.17, 15) is 0 Å². The minimum absolute atomic E-state index is 0.543. The summed E-state index contributed by atoms with van der Waals surface area (Å²) in [7, 11) is 0. The van der Waals surface area contributed by atoms with Crippen molar-refractivity contribution < 1.29 is 4.74 Å². The number of anilines is 6. The molecule has 4 heterocycles. The molecular weight excluding hydrogens is 641 g/mol. The quantitative estimate of drug-likeness (QED) is 0.181. The van der Waals surface area contributed by atoms with Crippen molar-refractivity contribution in [3.8, 4) is 34.3 Å². The van der Waals surface area contributed by atoms with Gasteiger partial charge in [0.05, 0.1) is 28.4 Å². The third kappa shape index (κ3) is 4.57. The lowest BCUT2D eigenvalue weighted by molar-refractivity contribution is 0.477. The first-order chi connectivity index (χ1) is 24.8. The van der Waals surface area contributed by atoms with Gasteiger partial charge in [0.15, 0.2) is 23.1 Å². The Balaban J connectivity index is 1.35. The predicted molar refractivity (Wildman–Crippen MR) is 195 cm³/mol. The predicted octanol–water partition coefficient (Wildman–Crippen LogP) is 10.1. The van der Waals surface area contributed by atoms with Crippen LogP contribution in [-0.4, -0.2) is 29.9 Å². The van der Waals surface area contributed by atoms with E-state index in [0.29, 0.717) is 11.6 Å². The number of para-hydroxylation sites is 6. The Bertz CT molecular complexity index is 2490. The van der Waals surface area contributed by atoms with Crippen molar-refractivity contribution in [1.29, 1.82) is 0 Å². The van der Waals surface area contributed by atoms with Crippen molar-refractivity contribution in [2.75, 3.05) is 9.80 Å². The van der Waals surface area contributed by atoms with Gasteiger partial charge in [-0.3, -0.25) is 0 Å². The van der Waals surface area contributed by atoms with E-state index in [1.165, 1.54) is 35.1 Å². The second kappa shape index (κ2) is 11.5. The molecule has 0 aliphatic carbocycles. The number of hydrogen-bond acceptors (Lipinski definition) is 10. The zero-order valence-electron chi connectivity index (χ0n) is 26.3. The monoisotopic (exact) mass is 664 g/mol. The number of rotatable bonds is 4. The SMILES string of the molecule is c1ccc2c(c1)Oc1ccccc1N2c1cc(N2c3ccccc3Sc3ccccc32)cc2c(-c3ncncn3)cc(-c3ncncn3)cc12. The topological polar surface area (TPSA) is 93.1 Å². The summed E-state index contributed by atoms with van der Waals surface area (Å²) in [6, 6.07) is 42.0. The molecule has 0 bridgehead atoms. The van der Waals surface area contributed by atoms with E-state index in [1.54, 1.807) is 11.8 Å². The lowest BCUT2D eigenvalue weighted by Crippen LogP contribution is -2.18. The molecule has 2 aliphatic rings. The molecule has 0 N–H and O–H groups in total. The Labute approximate surface area is 291 Å². The summed E-state index contributed by atoms with van der Waals surface area (Å²) in [4.78, 5) is 33.5. The van der Waals surface area contributed by atoms with Crippen LogP contribution in [0.15, 0.2) is 156 Å². The molecule has 2 aliphatic heterocycles. The van der Waals surface area contributed by atoms with Gasteiger partial charge >= 0.3 is 0 Å². The van der Waals surface area contributed by atoms with E-state index >= 15 is 0 Å². The van der Waals surface area contributed by atoms with Crippen LogP contribution < -0.4 is 14.5 Å². The van der Waals surface area contributed by atoms with Gasteiger partial charge in [-0.1, -0.05) is 60.3 Å². The fraction of sp³-hybridized carbons (Fsp3) is 0. The number of nitrogens with zero attached hydrogens (tertiary/aromatic N) is 8.